The van der Waals surface area contributed by atoms with Crippen molar-refractivity contribution in [3.05, 3.63) is 0 Å². The van der Waals surface area contributed by atoms with Gasteiger partial charge in [0.25, 0.3) is 0 Å². The van der Waals surface area contributed by atoms with E-state index in [2.05, 4.69) is 23.0 Å². The molecule has 0 spiro atoms. The van der Waals surface area contributed by atoms with E-state index < -0.39 is 5.54 Å². The molecule has 1 aliphatic carbocycles. The molecule has 2 fully saturated rings. The molecule has 0 atom stereocenters. The summed E-state index contributed by atoms with van der Waals surface area (Å²) in [5, 5.41) is 12.1. The maximum Gasteiger partial charge on any atom is 0.323 e. The van der Waals surface area contributed by atoms with Crippen molar-refractivity contribution in [2.24, 2.45) is 5.92 Å². The summed E-state index contributed by atoms with van der Waals surface area (Å²) in [6.07, 6.45) is 3.79. The van der Waals surface area contributed by atoms with Crippen LogP contribution >= 0.6 is 24.2 Å². The summed E-state index contributed by atoms with van der Waals surface area (Å²) in [7, 11) is 0. The molecule has 0 unspecified atom stereocenters. The number of rotatable bonds is 2. The van der Waals surface area contributed by atoms with Crippen molar-refractivity contribution in [2.75, 3.05) is 13.1 Å². The minimum Gasteiger partial charge on any atom is -0.336 e. The molecule has 1 saturated heterocycles. The van der Waals surface area contributed by atoms with Crippen LogP contribution in [0.1, 0.15) is 32.6 Å². The molecule has 0 aromatic rings. The van der Waals surface area contributed by atoms with Crippen LogP contribution in [-0.4, -0.2) is 33.9 Å². The van der Waals surface area contributed by atoms with E-state index in [-0.39, 0.29) is 6.03 Å². The molecule has 1 heterocycles. The fourth-order valence-corrected chi connectivity index (χ4v) is 3.45. The number of nitriles is 1. The molecule has 0 aromatic carbocycles. The van der Waals surface area contributed by atoms with Gasteiger partial charge in [0.15, 0.2) is 4.32 Å². The lowest BCUT2D eigenvalue weighted by atomic mass is 9.79. The lowest BCUT2D eigenvalue weighted by Crippen LogP contribution is -2.45. The molecular weight excluding hydrogens is 280 g/mol. The van der Waals surface area contributed by atoms with E-state index in [9.17, 15) is 10.1 Å². The zero-order chi connectivity index (χ0) is 13.9. The van der Waals surface area contributed by atoms with Crippen molar-refractivity contribution >= 4 is 34.5 Å². The first-order valence-electron chi connectivity index (χ1n) is 6.51. The molecule has 2 rings (SSSR count). The number of carbonyl (C=O) groups excluding carboxylic acids is 1. The molecule has 1 aliphatic heterocycles. The Bertz CT molecular complexity index is 412. The van der Waals surface area contributed by atoms with Gasteiger partial charge in [-0.2, -0.15) is 5.26 Å². The Balaban J connectivity index is 1.88. The lowest BCUT2D eigenvalue weighted by Gasteiger charge is -2.34. The molecule has 2 amide bonds. The van der Waals surface area contributed by atoms with Crippen molar-refractivity contribution in [2.45, 2.75) is 38.1 Å². The van der Waals surface area contributed by atoms with Crippen LogP contribution in [0.4, 0.5) is 4.79 Å². The van der Waals surface area contributed by atoms with Crippen LogP contribution in [0.5, 0.6) is 0 Å². The Labute approximate surface area is 123 Å². The Morgan fingerprint density at radius 3 is 2.84 bits per heavy atom. The van der Waals surface area contributed by atoms with Crippen molar-refractivity contribution in [1.29, 1.82) is 5.26 Å². The Morgan fingerprint density at radius 2 is 2.32 bits per heavy atom. The van der Waals surface area contributed by atoms with E-state index in [0.29, 0.717) is 23.3 Å². The molecule has 0 aromatic heterocycles. The first kappa shape index (κ1) is 14.6. The van der Waals surface area contributed by atoms with Gasteiger partial charge < -0.3 is 5.32 Å². The summed E-state index contributed by atoms with van der Waals surface area (Å²) in [6, 6.07) is 2.23. The largest absolute Gasteiger partial charge is 0.336 e. The van der Waals surface area contributed by atoms with Crippen LogP contribution in [0.15, 0.2) is 0 Å². The van der Waals surface area contributed by atoms with E-state index in [1.165, 1.54) is 16.8 Å². The SMILES string of the molecule is CC1CCC(C#N)(NSC(=S)N2CCNC2=O)CC1. The summed E-state index contributed by atoms with van der Waals surface area (Å²) in [5.41, 5.74) is -0.503. The number of urea groups is 1. The first-order valence-corrected chi connectivity index (χ1v) is 7.73. The van der Waals surface area contributed by atoms with Crippen molar-refractivity contribution in [3.8, 4) is 6.07 Å². The molecule has 0 bridgehead atoms. The van der Waals surface area contributed by atoms with Crippen LogP contribution in [-0.2, 0) is 0 Å². The van der Waals surface area contributed by atoms with Gasteiger partial charge in [0.2, 0.25) is 0 Å². The smallest absolute Gasteiger partial charge is 0.323 e. The number of carbonyl (C=O) groups is 1. The standard InChI is InChI=1S/C12H18N4OS2/c1-9-2-4-12(8-13,5-3-9)15-19-11(18)16-7-6-14-10(16)17/h9,15H,2-7H2,1H3,(H,14,17). The van der Waals surface area contributed by atoms with Crippen LogP contribution in [0.3, 0.4) is 0 Å². The van der Waals surface area contributed by atoms with E-state index >= 15 is 0 Å². The molecule has 2 N–H and O–H groups in total. The zero-order valence-electron chi connectivity index (χ0n) is 10.9. The number of nitrogens with one attached hydrogen (secondary N) is 2. The van der Waals surface area contributed by atoms with Gasteiger partial charge >= 0.3 is 6.03 Å². The quantitative estimate of drug-likeness (QED) is 0.603. The normalized spacial score (nSPS) is 30.8. The average Bonchev–Trinajstić information content (AvgIpc) is 2.85. The Morgan fingerprint density at radius 1 is 1.63 bits per heavy atom. The highest BCUT2D eigenvalue weighted by Gasteiger charge is 2.35. The van der Waals surface area contributed by atoms with Gasteiger partial charge in [-0.25, -0.2) is 9.52 Å². The third kappa shape index (κ3) is 3.38. The highest BCUT2D eigenvalue weighted by molar-refractivity contribution is 8.21. The van der Waals surface area contributed by atoms with Crippen molar-refractivity contribution in [3.63, 3.8) is 0 Å². The maximum atomic E-state index is 11.5. The summed E-state index contributed by atoms with van der Waals surface area (Å²) < 4.78 is 3.68. The Hall–Kier alpha value is -0.840. The van der Waals surface area contributed by atoms with Gasteiger partial charge in [0.1, 0.15) is 5.54 Å². The van der Waals surface area contributed by atoms with Crippen LogP contribution < -0.4 is 10.0 Å². The summed E-state index contributed by atoms with van der Waals surface area (Å²) in [5.74, 6) is 0.685. The number of hydrogen-bond acceptors (Lipinski definition) is 5. The molecule has 1 saturated carbocycles. The highest BCUT2D eigenvalue weighted by atomic mass is 32.2. The predicted octanol–water partition coefficient (Wildman–Crippen LogP) is 2.01. The van der Waals surface area contributed by atoms with E-state index in [1.54, 1.807) is 0 Å². The molecule has 2 aliphatic rings. The minimum atomic E-state index is -0.503. The fourth-order valence-electron chi connectivity index (χ4n) is 2.33. The second kappa shape index (κ2) is 6.07. The topological polar surface area (TPSA) is 68.2 Å². The van der Waals surface area contributed by atoms with Gasteiger partial charge in [0.05, 0.1) is 6.07 Å². The third-order valence-corrected chi connectivity index (χ3v) is 5.11. The number of hydrogen-bond donors (Lipinski definition) is 2. The van der Waals surface area contributed by atoms with Crippen LogP contribution in [0, 0.1) is 17.2 Å². The fraction of sp³-hybridized carbons (Fsp3) is 0.750. The number of thiocarbonyl (C=S) groups is 1. The summed E-state index contributed by atoms with van der Waals surface area (Å²) in [6.45, 7) is 3.44. The lowest BCUT2D eigenvalue weighted by molar-refractivity contribution is 0.235. The summed E-state index contributed by atoms with van der Waals surface area (Å²) >= 11 is 6.47. The predicted molar refractivity (Wildman–Crippen MR) is 79.4 cm³/mol. The molecule has 5 nitrogen and oxygen atoms in total. The van der Waals surface area contributed by atoms with Gasteiger partial charge in [-0.1, -0.05) is 19.1 Å². The number of amides is 2. The third-order valence-electron chi connectivity index (χ3n) is 3.75. The second-order valence-electron chi connectivity index (χ2n) is 5.23. The van der Waals surface area contributed by atoms with Crippen molar-refractivity contribution in [1.82, 2.24) is 14.9 Å². The van der Waals surface area contributed by atoms with Crippen LogP contribution in [0.25, 0.3) is 0 Å². The molecule has 0 radical (unpaired) electrons. The zero-order valence-corrected chi connectivity index (χ0v) is 12.6. The first-order chi connectivity index (χ1) is 9.06. The van der Waals surface area contributed by atoms with Gasteiger partial charge in [-0.3, -0.25) is 4.90 Å². The van der Waals surface area contributed by atoms with E-state index in [1.807, 2.05) is 0 Å². The maximum absolute atomic E-state index is 11.5. The molecular formula is C12H18N4OS2. The molecule has 104 valence electrons. The van der Waals surface area contributed by atoms with Gasteiger partial charge in [0, 0.05) is 13.1 Å². The second-order valence-corrected chi connectivity index (χ2v) is 6.67. The number of nitrogens with zero attached hydrogens (tertiary/aromatic N) is 2. The highest BCUT2D eigenvalue weighted by Crippen LogP contribution is 2.33. The Kier molecular flexibility index (Phi) is 4.66. The molecule has 19 heavy (non-hydrogen) atoms. The van der Waals surface area contributed by atoms with Crippen molar-refractivity contribution < 1.29 is 4.79 Å². The van der Waals surface area contributed by atoms with E-state index in [4.69, 9.17) is 12.2 Å². The van der Waals surface area contributed by atoms with Crippen LogP contribution in [0.2, 0.25) is 0 Å². The monoisotopic (exact) mass is 298 g/mol. The average molecular weight is 298 g/mol. The van der Waals surface area contributed by atoms with Gasteiger partial charge in [-0.15, -0.1) is 0 Å². The minimum absolute atomic E-state index is 0.150. The summed E-state index contributed by atoms with van der Waals surface area (Å²) in [4.78, 5) is 13.0. The van der Waals surface area contributed by atoms with E-state index in [0.717, 1.165) is 25.7 Å². The van der Waals surface area contributed by atoms with Gasteiger partial charge in [-0.05, 0) is 43.5 Å². The molecule has 7 heteroatoms.